The fourth-order valence-electron chi connectivity index (χ4n) is 3.46. The van der Waals surface area contributed by atoms with Gasteiger partial charge < -0.3 is 5.32 Å². The number of nitrogens with one attached hydrogen (secondary N) is 1. The highest BCUT2D eigenvalue weighted by molar-refractivity contribution is 9.10. The van der Waals surface area contributed by atoms with Gasteiger partial charge in [0, 0.05) is 29.2 Å². The molecule has 0 aliphatic carbocycles. The first kappa shape index (κ1) is 21.3. The first-order chi connectivity index (χ1) is 13.7. The fraction of sp³-hybridized carbons (Fsp3) is 0.409. The second-order valence-electron chi connectivity index (χ2n) is 7.84. The van der Waals surface area contributed by atoms with E-state index in [1.807, 2.05) is 44.2 Å². The molecule has 0 unspecified atom stereocenters. The van der Waals surface area contributed by atoms with Crippen LogP contribution in [-0.2, 0) is 17.8 Å². The van der Waals surface area contributed by atoms with Gasteiger partial charge in [0.25, 0.3) is 0 Å². The van der Waals surface area contributed by atoms with Crippen molar-refractivity contribution in [3.63, 3.8) is 0 Å². The lowest BCUT2D eigenvalue weighted by Crippen LogP contribution is -2.16. The molecule has 154 valence electrons. The number of anilines is 1. The summed E-state index contributed by atoms with van der Waals surface area (Å²) in [5.41, 5.74) is 5.06. The third kappa shape index (κ3) is 5.15. The van der Waals surface area contributed by atoms with Crippen LogP contribution < -0.4 is 5.32 Å². The summed E-state index contributed by atoms with van der Waals surface area (Å²) in [5.74, 6) is 1.18. The smallest absolute Gasteiger partial charge is 0.225 e. The zero-order valence-electron chi connectivity index (χ0n) is 17.7. The van der Waals surface area contributed by atoms with Crippen LogP contribution in [0.25, 0.3) is 5.69 Å². The number of nitrogens with zero attached hydrogens (tertiary/aromatic N) is 4. The summed E-state index contributed by atoms with van der Waals surface area (Å²) in [6.45, 7) is 11.3. The minimum atomic E-state index is -0.0310. The third-order valence-corrected chi connectivity index (χ3v) is 5.32. The molecule has 3 aromatic rings. The van der Waals surface area contributed by atoms with Crippen molar-refractivity contribution in [2.24, 2.45) is 5.92 Å². The van der Waals surface area contributed by atoms with Crippen molar-refractivity contribution in [3.05, 3.63) is 57.4 Å². The molecule has 1 amide bonds. The van der Waals surface area contributed by atoms with Gasteiger partial charge >= 0.3 is 0 Å². The molecule has 3 rings (SSSR count). The van der Waals surface area contributed by atoms with Crippen molar-refractivity contribution >= 4 is 27.7 Å². The Bertz CT molecular complexity index is 1020. The van der Waals surface area contributed by atoms with Gasteiger partial charge in [-0.3, -0.25) is 9.48 Å². The number of benzene rings is 1. The second kappa shape index (κ2) is 8.95. The Hall–Kier alpha value is -2.41. The lowest BCUT2D eigenvalue weighted by atomic mass is 10.1. The predicted molar refractivity (Wildman–Crippen MR) is 119 cm³/mol. The number of hydrogen-bond acceptors (Lipinski definition) is 3. The Morgan fingerprint density at radius 1 is 1.17 bits per heavy atom. The molecule has 0 radical (unpaired) electrons. The van der Waals surface area contributed by atoms with E-state index in [1.54, 1.807) is 4.68 Å². The van der Waals surface area contributed by atoms with Crippen LogP contribution in [-0.4, -0.2) is 25.5 Å². The molecule has 0 atom stereocenters. The normalized spacial score (nSPS) is 11.3. The second-order valence-corrected chi connectivity index (χ2v) is 8.75. The molecule has 0 fully saturated rings. The van der Waals surface area contributed by atoms with Crippen molar-refractivity contribution in [2.45, 2.75) is 54.0 Å². The maximum absolute atomic E-state index is 12.7. The highest BCUT2D eigenvalue weighted by atomic mass is 79.9. The van der Waals surface area contributed by atoms with Gasteiger partial charge in [0.1, 0.15) is 5.82 Å². The topological polar surface area (TPSA) is 64.7 Å². The van der Waals surface area contributed by atoms with Crippen LogP contribution in [0.3, 0.4) is 0 Å². The van der Waals surface area contributed by atoms with Crippen LogP contribution in [0.1, 0.15) is 42.9 Å². The highest BCUT2D eigenvalue weighted by Crippen LogP contribution is 2.21. The van der Waals surface area contributed by atoms with Crippen LogP contribution in [0.15, 0.2) is 34.8 Å². The van der Waals surface area contributed by atoms with E-state index >= 15 is 0 Å². The van der Waals surface area contributed by atoms with Crippen molar-refractivity contribution in [1.82, 2.24) is 19.6 Å². The van der Waals surface area contributed by atoms with E-state index in [2.05, 4.69) is 56.9 Å². The molecule has 7 heteroatoms. The summed E-state index contributed by atoms with van der Waals surface area (Å²) in [6.07, 6.45) is 1.07. The van der Waals surface area contributed by atoms with Crippen molar-refractivity contribution in [1.29, 1.82) is 0 Å². The Labute approximate surface area is 180 Å². The first-order valence-corrected chi connectivity index (χ1v) is 10.7. The minimum absolute atomic E-state index is 0.0310. The van der Waals surface area contributed by atoms with Gasteiger partial charge in [-0.1, -0.05) is 35.8 Å². The first-order valence-electron chi connectivity index (χ1n) is 9.90. The molecule has 29 heavy (non-hydrogen) atoms. The van der Waals surface area contributed by atoms with Gasteiger partial charge in [0.15, 0.2) is 0 Å². The number of carbonyl (C=O) groups is 1. The molecule has 6 nitrogen and oxygen atoms in total. The summed E-state index contributed by atoms with van der Waals surface area (Å²) in [4.78, 5) is 12.7. The SMILES string of the molecule is Cc1cc(NC(=O)CCc2c(C)nn(CC(C)C)c2C)n(-c2cccc(Br)c2)n1. The number of hydrogen-bond donors (Lipinski definition) is 1. The molecular formula is C22H28BrN5O. The van der Waals surface area contributed by atoms with E-state index in [0.29, 0.717) is 24.6 Å². The van der Waals surface area contributed by atoms with E-state index in [0.717, 1.165) is 39.4 Å². The highest BCUT2D eigenvalue weighted by Gasteiger charge is 2.15. The summed E-state index contributed by atoms with van der Waals surface area (Å²) >= 11 is 3.49. The monoisotopic (exact) mass is 457 g/mol. The molecule has 0 saturated carbocycles. The Balaban J connectivity index is 1.71. The van der Waals surface area contributed by atoms with E-state index in [-0.39, 0.29) is 5.91 Å². The quantitative estimate of drug-likeness (QED) is 0.543. The molecule has 0 bridgehead atoms. The summed E-state index contributed by atoms with van der Waals surface area (Å²) in [6, 6.07) is 9.72. The number of aryl methyl sites for hydroxylation is 2. The molecule has 2 aromatic heterocycles. The maximum atomic E-state index is 12.7. The van der Waals surface area contributed by atoms with Gasteiger partial charge in [-0.2, -0.15) is 10.2 Å². The number of amides is 1. The number of halogens is 1. The van der Waals surface area contributed by atoms with Gasteiger partial charge in [-0.25, -0.2) is 4.68 Å². The van der Waals surface area contributed by atoms with Crippen molar-refractivity contribution in [3.8, 4) is 5.69 Å². The van der Waals surface area contributed by atoms with Crippen LogP contribution in [0.4, 0.5) is 5.82 Å². The van der Waals surface area contributed by atoms with Crippen molar-refractivity contribution in [2.75, 3.05) is 5.32 Å². The van der Waals surface area contributed by atoms with E-state index in [9.17, 15) is 4.79 Å². The summed E-state index contributed by atoms with van der Waals surface area (Å²) in [5, 5.41) is 12.2. The minimum Gasteiger partial charge on any atom is -0.311 e. The van der Waals surface area contributed by atoms with Crippen LogP contribution in [0.5, 0.6) is 0 Å². The molecule has 0 aliphatic rings. The number of rotatable bonds is 7. The zero-order valence-corrected chi connectivity index (χ0v) is 19.2. The summed E-state index contributed by atoms with van der Waals surface area (Å²) < 4.78 is 4.78. The van der Waals surface area contributed by atoms with Crippen LogP contribution >= 0.6 is 15.9 Å². The predicted octanol–water partition coefficient (Wildman–Crippen LogP) is 4.98. The lowest BCUT2D eigenvalue weighted by molar-refractivity contribution is -0.116. The largest absolute Gasteiger partial charge is 0.311 e. The fourth-order valence-corrected chi connectivity index (χ4v) is 3.84. The van der Waals surface area contributed by atoms with Crippen molar-refractivity contribution < 1.29 is 4.79 Å². The third-order valence-electron chi connectivity index (χ3n) is 4.82. The Morgan fingerprint density at radius 3 is 2.62 bits per heavy atom. The Kier molecular flexibility index (Phi) is 6.57. The molecular weight excluding hydrogens is 430 g/mol. The molecule has 0 aliphatic heterocycles. The molecule has 1 N–H and O–H groups in total. The number of carbonyl (C=O) groups excluding carboxylic acids is 1. The molecule has 1 aromatic carbocycles. The van der Waals surface area contributed by atoms with E-state index in [1.165, 1.54) is 0 Å². The number of aromatic nitrogens is 4. The molecule has 2 heterocycles. The van der Waals surface area contributed by atoms with Gasteiger partial charge in [-0.05, 0) is 56.9 Å². The Morgan fingerprint density at radius 2 is 1.93 bits per heavy atom. The molecule has 0 spiro atoms. The van der Waals surface area contributed by atoms with Gasteiger partial charge in [-0.15, -0.1) is 0 Å². The standard InChI is InChI=1S/C22H28BrN5O/c1-14(2)13-27-17(5)20(16(4)26-27)9-10-22(29)24-21-11-15(3)25-28(21)19-8-6-7-18(23)12-19/h6-8,11-12,14H,9-10,13H2,1-5H3,(H,24,29). The molecule has 0 saturated heterocycles. The van der Waals surface area contributed by atoms with Gasteiger partial charge in [0.2, 0.25) is 5.91 Å². The van der Waals surface area contributed by atoms with Gasteiger partial charge in [0.05, 0.1) is 17.1 Å². The van der Waals surface area contributed by atoms with Crippen LogP contribution in [0.2, 0.25) is 0 Å². The lowest BCUT2D eigenvalue weighted by Gasteiger charge is -2.10. The average Bonchev–Trinajstić information content (AvgIpc) is 3.12. The maximum Gasteiger partial charge on any atom is 0.225 e. The van der Waals surface area contributed by atoms with E-state index in [4.69, 9.17) is 0 Å². The van der Waals surface area contributed by atoms with Crippen LogP contribution in [0, 0.1) is 26.7 Å². The van der Waals surface area contributed by atoms with E-state index < -0.39 is 0 Å². The summed E-state index contributed by atoms with van der Waals surface area (Å²) in [7, 11) is 0. The average molecular weight is 458 g/mol. The zero-order chi connectivity index (χ0) is 21.1.